The van der Waals surface area contributed by atoms with E-state index in [1.54, 1.807) is 57.6 Å². The number of benzene rings is 2. The van der Waals surface area contributed by atoms with Gasteiger partial charge in [-0.05, 0) is 12.1 Å². The fourth-order valence-corrected chi connectivity index (χ4v) is 4.27. The minimum Gasteiger partial charge on any atom is -0.497 e. The summed E-state index contributed by atoms with van der Waals surface area (Å²) in [6.45, 7) is 1.57. The van der Waals surface area contributed by atoms with Crippen LogP contribution in [0.3, 0.4) is 0 Å². The molecular weight excluding hydrogens is 512 g/mol. The van der Waals surface area contributed by atoms with E-state index >= 15 is 0 Å². The second kappa shape index (κ2) is 13.0. The Bertz CT molecular complexity index is 1400. The van der Waals surface area contributed by atoms with Crippen molar-refractivity contribution in [2.45, 2.75) is 5.03 Å². The van der Waals surface area contributed by atoms with Crippen LogP contribution in [-0.2, 0) is 27.5 Å². The molecule has 2 aromatic carbocycles. The molecule has 0 fully saturated rings. The minimum absolute atomic E-state index is 0.263. The van der Waals surface area contributed by atoms with E-state index in [9.17, 15) is 4.21 Å². The lowest BCUT2D eigenvalue weighted by Crippen LogP contribution is -2.13. The van der Waals surface area contributed by atoms with Crippen molar-refractivity contribution in [3.05, 3.63) is 48.9 Å². The van der Waals surface area contributed by atoms with E-state index in [-0.39, 0.29) is 12.4 Å². The molecule has 13 heteroatoms. The SMILES string of the molecule is COCCOCCOc1c(Nc2nc3ccccc3nc2NS(=O)c2cn(C)cn2)cc(OC)cc1OC. The van der Waals surface area contributed by atoms with Gasteiger partial charge in [0.05, 0.1) is 57.1 Å². The number of rotatable bonds is 14. The Morgan fingerprint density at radius 3 is 2.34 bits per heavy atom. The van der Waals surface area contributed by atoms with Gasteiger partial charge in [0.25, 0.3) is 0 Å². The number of nitrogens with one attached hydrogen (secondary N) is 2. The number of hydrogen-bond acceptors (Lipinski definition) is 10. The molecule has 2 heterocycles. The molecule has 0 amide bonds. The van der Waals surface area contributed by atoms with Gasteiger partial charge < -0.3 is 33.6 Å². The number of anilines is 3. The topological polar surface area (TPSA) is 131 Å². The van der Waals surface area contributed by atoms with Crippen LogP contribution in [0, 0.1) is 0 Å². The van der Waals surface area contributed by atoms with Gasteiger partial charge >= 0.3 is 0 Å². The number of aryl methyl sites for hydroxylation is 1. The van der Waals surface area contributed by atoms with Crippen molar-refractivity contribution >= 4 is 39.3 Å². The predicted molar refractivity (Wildman–Crippen MR) is 144 cm³/mol. The molecule has 0 spiro atoms. The first-order valence-corrected chi connectivity index (χ1v) is 12.8. The summed E-state index contributed by atoms with van der Waals surface area (Å²) in [6.07, 6.45) is 3.24. The third-order valence-electron chi connectivity index (χ3n) is 5.27. The average molecular weight is 543 g/mol. The molecule has 0 aliphatic rings. The lowest BCUT2D eigenvalue weighted by molar-refractivity contribution is 0.0541. The van der Waals surface area contributed by atoms with Crippen LogP contribution >= 0.6 is 0 Å². The Kier molecular flexibility index (Phi) is 9.30. The standard InChI is InChI=1S/C25H30N6O6S/c1-31-15-22(26-16-31)38(32)30-25-24(27-18-7-5-6-8-19(18)28-25)29-20-13-17(34-3)14-21(35-4)23(20)37-12-11-36-10-9-33-2/h5-8,13-16H,9-12H2,1-4H3,(H,27,29)(H,28,30). The number of hydrogen-bond donors (Lipinski definition) is 2. The van der Waals surface area contributed by atoms with E-state index in [0.29, 0.717) is 64.6 Å². The Morgan fingerprint density at radius 1 is 0.947 bits per heavy atom. The zero-order valence-corrected chi connectivity index (χ0v) is 22.4. The fraction of sp³-hybridized carbons (Fsp3) is 0.320. The highest BCUT2D eigenvalue weighted by molar-refractivity contribution is 7.86. The predicted octanol–water partition coefficient (Wildman–Crippen LogP) is 3.30. The molecule has 4 rings (SSSR count). The number of methoxy groups -OCH3 is 3. The van der Waals surface area contributed by atoms with E-state index in [0.717, 1.165) is 0 Å². The Labute approximate surface area is 222 Å². The summed E-state index contributed by atoms with van der Waals surface area (Å²) in [7, 11) is 4.83. The Balaban J connectivity index is 1.68. The smallest absolute Gasteiger partial charge is 0.185 e. The summed E-state index contributed by atoms with van der Waals surface area (Å²) >= 11 is 0. The van der Waals surface area contributed by atoms with Crippen molar-refractivity contribution < 1.29 is 27.9 Å². The number of fused-ring (bicyclic) bond motifs is 1. The van der Waals surface area contributed by atoms with Gasteiger partial charge in [-0.1, -0.05) is 12.1 Å². The normalized spacial score (nSPS) is 11.8. The quantitative estimate of drug-likeness (QED) is 0.229. The average Bonchev–Trinajstić information content (AvgIpc) is 3.37. The summed E-state index contributed by atoms with van der Waals surface area (Å²) < 4.78 is 45.3. The number of nitrogens with zero attached hydrogens (tertiary/aromatic N) is 4. The second-order valence-electron chi connectivity index (χ2n) is 7.94. The summed E-state index contributed by atoms with van der Waals surface area (Å²) in [5.74, 6) is 2.00. The first kappa shape index (κ1) is 27.1. The first-order valence-electron chi connectivity index (χ1n) is 11.7. The molecule has 2 aromatic heterocycles. The lowest BCUT2D eigenvalue weighted by Gasteiger charge is -2.19. The largest absolute Gasteiger partial charge is 0.497 e. The number of imidazole rings is 1. The number of aromatic nitrogens is 4. The maximum Gasteiger partial charge on any atom is 0.185 e. The molecule has 0 aliphatic heterocycles. The third kappa shape index (κ3) is 6.68. The maximum absolute atomic E-state index is 13.0. The molecule has 4 aromatic rings. The van der Waals surface area contributed by atoms with Crippen LogP contribution < -0.4 is 24.2 Å². The van der Waals surface area contributed by atoms with Crippen molar-refractivity contribution in [3.8, 4) is 17.2 Å². The van der Waals surface area contributed by atoms with Gasteiger partial charge in [0.1, 0.15) is 12.4 Å². The highest BCUT2D eigenvalue weighted by Crippen LogP contribution is 2.41. The van der Waals surface area contributed by atoms with E-state index in [2.05, 4.69) is 20.0 Å². The summed E-state index contributed by atoms with van der Waals surface area (Å²) in [5.41, 5.74) is 1.79. The maximum atomic E-state index is 13.0. The van der Waals surface area contributed by atoms with Crippen molar-refractivity contribution in [1.29, 1.82) is 0 Å². The molecule has 0 bridgehead atoms. The van der Waals surface area contributed by atoms with Gasteiger partial charge in [0, 0.05) is 32.5 Å². The zero-order chi connectivity index (χ0) is 26.9. The third-order valence-corrected chi connectivity index (χ3v) is 6.24. The summed E-state index contributed by atoms with van der Waals surface area (Å²) in [5, 5.41) is 3.62. The Hall–Kier alpha value is -3.94. The Morgan fingerprint density at radius 2 is 1.68 bits per heavy atom. The minimum atomic E-state index is -1.68. The molecule has 1 atom stereocenters. The molecular formula is C25H30N6O6S. The van der Waals surface area contributed by atoms with Crippen LogP contribution in [0.15, 0.2) is 53.9 Å². The lowest BCUT2D eigenvalue weighted by atomic mass is 10.2. The summed E-state index contributed by atoms with van der Waals surface area (Å²) in [4.78, 5) is 13.6. The molecule has 202 valence electrons. The van der Waals surface area contributed by atoms with Crippen molar-refractivity contribution in [2.24, 2.45) is 7.05 Å². The van der Waals surface area contributed by atoms with Gasteiger partial charge in [-0.15, -0.1) is 0 Å². The zero-order valence-electron chi connectivity index (χ0n) is 21.6. The monoisotopic (exact) mass is 542 g/mol. The van der Waals surface area contributed by atoms with Crippen LogP contribution in [0.2, 0.25) is 0 Å². The number of ether oxygens (including phenoxy) is 5. The van der Waals surface area contributed by atoms with Gasteiger partial charge in [-0.25, -0.2) is 19.2 Å². The van der Waals surface area contributed by atoms with Crippen LogP contribution in [0.5, 0.6) is 17.2 Å². The molecule has 0 saturated carbocycles. The molecule has 0 aliphatic carbocycles. The van der Waals surface area contributed by atoms with Gasteiger partial charge in [-0.3, -0.25) is 4.72 Å². The second-order valence-corrected chi connectivity index (χ2v) is 9.10. The number of para-hydroxylation sites is 2. The molecule has 2 N–H and O–H groups in total. The van der Waals surface area contributed by atoms with Crippen molar-refractivity contribution in [2.75, 3.05) is 57.8 Å². The van der Waals surface area contributed by atoms with Crippen LogP contribution in [0.25, 0.3) is 11.0 Å². The van der Waals surface area contributed by atoms with Crippen LogP contribution in [0.4, 0.5) is 17.3 Å². The molecule has 38 heavy (non-hydrogen) atoms. The van der Waals surface area contributed by atoms with E-state index in [1.807, 2.05) is 24.3 Å². The fourth-order valence-electron chi connectivity index (χ4n) is 3.45. The van der Waals surface area contributed by atoms with Gasteiger partial charge in [0.2, 0.25) is 0 Å². The highest BCUT2D eigenvalue weighted by atomic mass is 32.2. The van der Waals surface area contributed by atoms with Crippen LogP contribution in [0.1, 0.15) is 0 Å². The van der Waals surface area contributed by atoms with Crippen molar-refractivity contribution in [1.82, 2.24) is 19.5 Å². The highest BCUT2D eigenvalue weighted by Gasteiger charge is 2.19. The molecule has 1 unspecified atom stereocenters. The van der Waals surface area contributed by atoms with E-state index < -0.39 is 11.0 Å². The first-order chi connectivity index (χ1) is 18.5. The molecule has 0 radical (unpaired) electrons. The van der Waals surface area contributed by atoms with Gasteiger partial charge in [0.15, 0.2) is 39.1 Å². The van der Waals surface area contributed by atoms with Gasteiger partial charge in [-0.2, -0.15) is 0 Å². The molecule has 0 saturated heterocycles. The van der Waals surface area contributed by atoms with E-state index in [1.165, 1.54) is 0 Å². The van der Waals surface area contributed by atoms with E-state index in [4.69, 9.17) is 28.7 Å². The molecule has 12 nitrogen and oxygen atoms in total. The van der Waals surface area contributed by atoms with Crippen LogP contribution in [-0.4, -0.2) is 71.5 Å². The van der Waals surface area contributed by atoms with Crippen molar-refractivity contribution in [3.63, 3.8) is 0 Å². The summed E-state index contributed by atoms with van der Waals surface area (Å²) in [6, 6.07) is 10.9.